The molecule has 0 atom stereocenters. The van der Waals surface area contributed by atoms with Crippen molar-refractivity contribution < 1.29 is 17.9 Å². The number of carbonyl (C=O) groups excluding carboxylic acids is 1. The molecular weight excluding hydrogens is 466 g/mol. The Bertz CT molecular complexity index is 1180. The van der Waals surface area contributed by atoms with E-state index in [0.29, 0.717) is 17.0 Å². The minimum atomic E-state index is -4.12. The molecule has 0 aromatic heterocycles. The van der Waals surface area contributed by atoms with Gasteiger partial charge in [0.25, 0.3) is 15.9 Å². The average molecular weight is 488 g/mol. The molecule has 0 heterocycles. The van der Waals surface area contributed by atoms with Gasteiger partial charge in [0.1, 0.15) is 5.75 Å². The number of ether oxygens (including phenoxy) is 1. The number of hydrogen-bond donors (Lipinski definition) is 0. The van der Waals surface area contributed by atoms with E-state index >= 15 is 0 Å². The van der Waals surface area contributed by atoms with Crippen molar-refractivity contribution in [1.29, 1.82) is 0 Å². The minimum absolute atomic E-state index is 0.0405. The van der Waals surface area contributed by atoms with Gasteiger partial charge in [-0.15, -0.1) is 0 Å². The first-order valence-electron chi connectivity index (χ1n) is 9.30. The Balaban J connectivity index is 1.99. The van der Waals surface area contributed by atoms with Crippen LogP contribution in [0.2, 0.25) is 0 Å². The van der Waals surface area contributed by atoms with Crippen LogP contribution in [0, 0.1) is 20.8 Å². The third-order valence-corrected chi connectivity index (χ3v) is 7.43. The molecule has 0 bridgehead atoms. The zero-order valence-electron chi connectivity index (χ0n) is 16.9. The number of aryl methyl sites for hydroxylation is 2. The molecule has 0 aliphatic rings. The molecule has 3 rings (SSSR count). The summed E-state index contributed by atoms with van der Waals surface area (Å²) in [6.45, 7) is 5.16. The van der Waals surface area contributed by atoms with Crippen LogP contribution in [-0.2, 0) is 14.8 Å². The van der Waals surface area contributed by atoms with Gasteiger partial charge in [-0.3, -0.25) is 4.79 Å². The highest BCUT2D eigenvalue weighted by Crippen LogP contribution is 2.29. The average Bonchev–Trinajstić information content (AvgIpc) is 2.73. The van der Waals surface area contributed by atoms with Crippen molar-refractivity contribution >= 4 is 37.5 Å². The number of benzene rings is 3. The fourth-order valence-corrected chi connectivity index (χ4v) is 4.70. The van der Waals surface area contributed by atoms with Crippen LogP contribution in [0.15, 0.2) is 76.1 Å². The summed E-state index contributed by atoms with van der Waals surface area (Å²) in [5.74, 6) is -0.185. The minimum Gasteiger partial charge on any atom is -0.484 e. The van der Waals surface area contributed by atoms with Crippen molar-refractivity contribution in [1.82, 2.24) is 0 Å². The number of carbonyl (C=O) groups is 1. The van der Waals surface area contributed by atoms with Crippen molar-refractivity contribution in [2.45, 2.75) is 25.7 Å². The van der Waals surface area contributed by atoms with Crippen molar-refractivity contribution in [3.05, 3.63) is 87.9 Å². The highest BCUT2D eigenvalue weighted by atomic mass is 79.9. The Kier molecular flexibility index (Phi) is 6.63. The van der Waals surface area contributed by atoms with Crippen molar-refractivity contribution in [2.24, 2.45) is 0 Å². The smallest absolute Gasteiger partial charge is 0.278 e. The number of nitrogens with zero attached hydrogens (tertiary/aromatic N) is 1. The second-order valence-corrected chi connectivity index (χ2v) is 9.54. The van der Waals surface area contributed by atoms with Gasteiger partial charge in [0, 0.05) is 4.47 Å². The molecular formula is C23H22BrNO4S. The fourth-order valence-electron chi connectivity index (χ4n) is 2.96. The summed E-state index contributed by atoms with van der Waals surface area (Å²) < 4.78 is 34.2. The van der Waals surface area contributed by atoms with Crippen LogP contribution in [0.25, 0.3) is 0 Å². The standard InChI is InChI=1S/C23H22BrNO4S/c1-16-8-7-11-22(18(16)3)25(30(27,28)20-9-5-4-6-10-20)23(26)15-29-19-12-13-21(24)17(2)14-19/h4-14H,15H2,1-3H3. The van der Waals surface area contributed by atoms with Gasteiger partial charge >= 0.3 is 0 Å². The molecule has 0 aliphatic carbocycles. The third-order valence-electron chi connectivity index (χ3n) is 4.79. The summed E-state index contributed by atoms with van der Waals surface area (Å²) in [5.41, 5.74) is 2.87. The van der Waals surface area contributed by atoms with Gasteiger partial charge in [-0.1, -0.05) is 46.3 Å². The number of hydrogen-bond acceptors (Lipinski definition) is 4. The predicted octanol–water partition coefficient (Wildman–Crippen LogP) is 5.18. The van der Waals surface area contributed by atoms with Crippen LogP contribution in [-0.4, -0.2) is 20.9 Å². The molecule has 156 valence electrons. The second kappa shape index (κ2) is 9.02. The lowest BCUT2D eigenvalue weighted by molar-refractivity contribution is -0.119. The molecule has 3 aromatic carbocycles. The van der Waals surface area contributed by atoms with E-state index in [9.17, 15) is 13.2 Å². The number of halogens is 1. The summed E-state index contributed by atoms with van der Waals surface area (Å²) >= 11 is 3.42. The van der Waals surface area contributed by atoms with Crippen LogP contribution in [0.1, 0.15) is 16.7 Å². The van der Waals surface area contributed by atoms with Crippen LogP contribution in [0.3, 0.4) is 0 Å². The lowest BCUT2D eigenvalue weighted by Crippen LogP contribution is -2.40. The van der Waals surface area contributed by atoms with E-state index < -0.39 is 22.5 Å². The second-order valence-electron chi connectivity index (χ2n) is 6.89. The summed E-state index contributed by atoms with van der Waals surface area (Å²) in [6, 6.07) is 18.5. The molecule has 0 saturated heterocycles. The van der Waals surface area contributed by atoms with Gasteiger partial charge in [-0.25, -0.2) is 8.42 Å². The first-order valence-corrected chi connectivity index (χ1v) is 11.5. The Hall–Kier alpha value is -2.64. The van der Waals surface area contributed by atoms with Crippen molar-refractivity contribution in [3.63, 3.8) is 0 Å². The lowest BCUT2D eigenvalue weighted by atomic mass is 10.1. The fraction of sp³-hybridized carbons (Fsp3) is 0.174. The van der Waals surface area contributed by atoms with E-state index in [1.54, 1.807) is 49.4 Å². The van der Waals surface area contributed by atoms with E-state index in [4.69, 9.17) is 4.74 Å². The number of anilines is 1. The van der Waals surface area contributed by atoms with Gasteiger partial charge in [0.05, 0.1) is 10.6 Å². The van der Waals surface area contributed by atoms with E-state index in [2.05, 4.69) is 15.9 Å². The highest BCUT2D eigenvalue weighted by molar-refractivity contribution is 9.10. The number of amides is 1. The van der Waals surface area contributed by atoms with Gasteiger partial charge in [0.15, 0.2) is 6.61 Å². The summed E-state index contributed by atoms with van der Waals surface area (Å²) in [5, 5.41) is 0. The van der Waals surface area contributed by atoms with Crippen molar-refractivity contribution in [3.8, 4) is 5.75 Å². The molecule has 0 N–H and O–H groups in total. The summed E-state index contributed by atoms with van der Waals surface area (Å²) in [6.07, 6.45) is 0. The topological polar surface area (TPSA) is 63.7 Å². The molecule has 0 spiro atoms. The zero-order chi connectivity index (χ0) is 21.9. The Labute approximate surface area is 185 Å². The number of sulfonamides is 1. The van der Waals surface area contributed by atoms with E-state index in [0.717, 1.165) is 19.9 Å². The maximum atomic E-state index is 13.4. The molecule has 0 fully saturated rings. The molecule has 7 heteroatoms. The molecule has 0 radical (unpaired) electrons. The van der Waals surface area contributed by atoms with Crippen LogP contribution >= 0.6 is 15.9 Å². The largest absolute Gasteiger partial charge is 0.484 e. The maximum absolute atomic E-state index is 13.4. The van der Waals surface area contributed by atoms with Crippen LogP contribution in [0.4, 0.5) is 5.69 Å². The first kappa shape index (κ1) is 22.1. The van der Waals surface area contributed by atoms with E-state index in [1.807, 2.05) is 26.0 Å². The van der Waals surface area contributed by atoms with Crippen molar-refractivity contribution in [2.75, 3.05) is 10.9 Å². The van der Waals surface area contributed by atoms with Gasteiger partial charge < -0.3 is 4.74 Å². The molecule has 30 heavy (non-hydrogen) atoms. The van der Waals surface area contributed by atoms with Gasteiger partial charge in [-0.2, -0.15) is 4.31 Å². The molecule has 0 unspecified atom stereocenters. The monoisotopic (exact) mass is 487 g/mol. The number of rotatable bonds is 6. The third kappa shape index (κ3) is 4.57. The molecule has 5 nitrogen and oxygen atoms in total. The quantitative estimate of drug-likeness (QED) is 0.480. The molecule has 3 aromatic rings. The molecule has 0 saturated carbocycles. The molecule has 0 aliphatic heterocycles. The molecule has 1 amide bonds. The van der Waals surface area contributed by atoms with E-state index in [1.165, 1.54) is 12.1 Å². The summed E-state index contributed by atoms with van der Waals surface area (Å²) in [4.78, 5) is 13.2. The normalized spacial score (nSPS) is 11.2. The Morgan fingerprint density at radius 1 is 0.933 bits per heavy atom. The predicted molar refractivity (Wildman–Crippen MR) is 121 cm³/mol. The van der Waals surface area contributed by atoms with Gasteiger partial charge in [0.2, 0.25) is 0 Å². The Morgan fingerprint density at radius 2 is 1.63 bits per heavy atom. The van der Waals surface area contributed by atoms with Crippen LogP contribution < -0.4 is 9.04 Å². The summed E-state index contributed by atoms with van der Waals surface area (Å²) in [7, 11) is -4.12. The van der Waals surface area contributed by atoms with Gasteiger partial charge in [-0.05, 0) is 73.9 Å². The SMILES string of the molecule is Cc1cc(OCC(=O)N(c2cccc(C)c2C)S(=O)(=O)c2ccccc2)ccc1Br. The van der Waals surface area contributed by atoms with Crippen LogP contribution in [0.5, 0.6) is 5.75 Å². The lowest BCUT2D eigenvalue weighted by Gasteiger charge is -2.25. The maximum Gasteiger partial charge on any atom is 0.278 e. The Morgan fingerprint density at radius 3 is 2.30 bits per heavy atom. The first-order chi connectivity index (χ1) is 14.2. The van der Waals surface area contributed by atoms with E-state index in [-0.39, 0.29) is 4.90 Å². The zero-order valence-corrected chi connectivity index (χ0v) is 19.3. The highest BCUT2D eigenvalue weighted by Gasteiger charge is 2.32.